The van der Waals surface area contributed by atoms with Crippen LogP contribution in [0.25, 0.3) is 0 Å². The van der Waals surface area contributed by atoms with Crippen LogP contribution >= 0.6 is 11.8 Å². The average molecular weight is 296 g/mol. The molecular formula is C16H12N2O2S. The van der Waals surface area contributed by atoms with Crippen LogP contribution in [0.3, 0.4) is 0 Å². The first kappa shape index (κ1) is 14.9. The summed E-state index contributed by atoms with van der Waals surface area (Å²) in [6, 6.07) is 11.1. The van der Waals surface area contributed by atoms with Crippen LogP contribution in [0.15, 0.2) is 56.2 Å². The Bertz CT molecular complexity index is 708. The zero-order valence-electron chi connectivity index (χ0n) is 11.6. The fraction of sp³-hybridized carbons (Fsp3) is 0.125. The average Bonchev–Trinajstić information content (AvgIpc) is 2.45. The number of aryl methyl sites for hydroxylation is 2. The van der Waals surface area contributed by atoms with Gasteiger partial charge in [0.2, 0.25) is 12.2 Å². The molecule has 104 valence electrons. The summed E-state index contributed by atoms with van der Waals surface area (Å²) in [6.45, 7) is 3.93. The van der Waals surface area contributed by atoms with Crippen molar-refractivity contribution in [2.75, 3.05) is 0 Å². The molecule has 0 bridgehead atoms. The lowest BCUT2D eigenvalue weighted by Gasteiger charge is -2.09. The van der Waals surface area contributed by atoms with E-state index in [4.69, 9.17) is 0 Å². The SMILES string of the molecule is Cc1cc(N=C=O)ccc1Sc1ccc(N=C=O)cc1C. The number of carbonyl (C=O) groups excluding carboxylic acids is 2. The number of nitrogens with zero attached hydrogens (tertiary/aromatic N) is 2. The first-order chi connectivity index (χ1) is 10.1. The molecule has 0 aliphatic carbocycles. The second-order valence-electron chi connectivity index (χ2n) is 4.41. The number of aliphatic imine (C=N–C) groups is 2. The van der Waals surface area contributed by atoms with Gasteiger partial charge in [0.05, 0.1) is 11.4 Å². The highest BCUT2D eigenvalue weighted by atomic mass is 32.2. The van der Waals surface area contributed by atoms with Crippen LogP contribution in [0.2, 0.25) is 0 Å². The monoisotopic (exact) mass is 296 g/mol. The third-order valence-corrected chi connectivity index (χ3v) is 4.24. The van der Waals surface area contributed by atoms with Crippen LogP contribution in [0.1, 0.15) is 11.1 Å². The third kappa shape index (κ3) is 3.77. The van der Waals surface area contributed by atoms with Crippen molar-refractivity contribution in [1.29, 1.82) is 0 Å². The molecule has 0 radical (unpaired) electrons. The van der Waals surface area contributed by atoms with Crippen LogP contribution in [-0.4, -0.2) is 12.2 Å². The Hall–Kier alpha value is -2.45. The molecule has 2 rings (SSSR count). The highest BCUT2D eigenvalue weighted by Crippen LogP contribution is 2.35. The standard InChI is InChI=1S/C16H12N2O2S/c1-11-7-13(17-9-19)3-5-15(11)21-16-6-4-14(18-10-20)8-12(16)2/h3-8H,1-2H3. The van der Waals surface area contributed by atoms with E-state index in [1.165, 1.54) is 12.2 Å². The quantitative estimate of drug-likeness (QED) is 0.621. The Morgan fingerprint density at radius 2 is 1.24 bits per heavy atom. The molecule has 0 saturated carbocycles. The van der Waals surface area contributed by atoms with Gasteiger partial charge in [0, 0.05) is 9.79 Å². The normalized spacial score (nSPS) is 9.62. The Labute approximate surface area is 126 Å². The summed E-state index contributed by atoms with van der Waals surface area (Å²) < 4.78 is 0. The molecule has 5 heteroatoms. The molecule has 0 fully saturated rings. The van der Waals surface area contributed by atoms with Gasteiger partial charge in [-0.3, -0.25) is 0 Å². The minimum Gasteiger partial charge on any atom is -0.211 e. The van der Waals surface area contributed by atoms with Gasteiger partial charge in [-0.05, 0) is 61.4 Å². The highest BCUT2D eigenvalue weighted by Gasteiger charge is 2.06. The summed E-state index contributed by atoms with van der Waals surface area (Å²) in [5.41, 5.74) is 3.26. The lowest BCUT2D eigenvalue weighted by Crippen LogP contribution is -1.83. The Morgan fingerprint density at radius 3 is 1.57 bits per heavy atom. The van der Waals surface area contributed by atoms with E-state index in [2.05, 4.69) is 9.98 Å². The molecule has 0 aromatic heterocycles. The Kier molecular flexibility index (Phi) is 4.85. The van der Waals surface area contributed by atoms with E-state index >= 15 is 0 Å². The fourth-order valence-electron chi connectivity index (χ4n) is 1.86. The maximum absolute atomic E-state index is 10.3. The molecular weight excluding hydrogens is 284 g/mol. The minimum absolute atomic E-state index is 0.597. The van der Waals surface area contributed by atoms with Gasteiger partial charge in [-0.15, -0.1) is 0 Å². The Morgan fingerprint density at radius 1 is 0.810 bits per heavy atom. The number of isocyanates is 2. The fourth-order valence-corrected chi connectivity index (χ4v) is 2.81. The molecule has 2 aromatic rings. The van der Waals surface area contributed by atoms with Crippen molar-refractivity contribution in [2.24, 2.45) is 9.98 Å². The van der Waals surface area contributed by atoms with Crippen molar-refractivity contribution < 1.29 is 9.59 Å². The van der Waals surface area contributed by atoms with Crippen LogP contribution < -0.4 is 0 Å². The maximum Gasteiger partial charge on any atom is 0.240 e. The largest absolute Gasteiger partial charge is 0.240 e. The first-order valence-corrected chi connectivity index (χ1v) is 7.00. The molecule has 0 heterocycles. The van der Waals surface area contributed by atoms with Gasteiger partial charge < -0.3 is 0 Å². The summed E-state index contributed by atoms with van der Waals surface area (Å²) in [6.07, 6.45) is 3.07. The molecule has 0 spiro atoms. The number of rotatable bonds is 4. The molecule has 0 N–H and O–H groups in total. The lowest BCUT2D eigenvalue weighted by atomic mass is 10.2. The number of hydrogen-bond acceptors (Lipinski definition) is 5. The van der Waals surface area contributed by atoms with E-state index in [-0.39, 0.29) is 0 Å². The molecule has 4 nitrogen and oxygen atoms in total. The van der Waals surface area contributed by atoms with E-state index in [0.29, 0.717) is 11.4 Å². The molecule has 0 aliphatic heterocycles. The van der Waals surface area contributed by atoms with Gasteiger partial charge in [0.25, 0.3) is 0 Å². The van der Waals surface area contributed by atoms with Crippen LogP contribution in [0.4, 0.5) is 11.4 Å². The zero-order chi connectivity index (χ0) is 15.2. The van der Waals surface area contributed by atoms with Crippen molar-refractivity contribution in [2.45, 2.75) is 23.6 Å². The summed E-state index contributed by atoms with van der Waals surface area (Å²) in [5, 5.41) is 0. The molecule has 2 aromatic carbocycles. The summed E-state index contributed by atoms with van der Waals surface area (Å²) in [7, 11) is 0. The number of benzene rings is 2. The summed E-state index contributed by atoms with van der Waals surface area (Å²) >= 11 is 1.61. The Balaban J connectivity index is 2.29. The van der Waals surface area contributed by atoms with Crippen LogP contribution in [0.5, 0.6) is 0 Å². The second kappa shape index (κ2) is 6.82. The summed E-state index contributed by atoms with van der Waals surface area (Å²) in [5.74, 6) is 0. The molecule has 21 heavy (non-hydrogen) atoms. The molecule has 0 saturated heterocycles. The molecule has 0 atom stereocenters. The van der Waals surface area contributed by atoms with Crippen LogP contribution in [-0.2, 0) is 9.59 Å². The molecule has 0 unspecified atom stereocenters. The number of hydrogen-bond donors (Lipinski definition) is 0. The van der Waals surface area contributed by atoms with Crippen molar-refractivity contribution in [1.82, 2.24) is 0 Å². The molecule has 0 amide bonds. The summed E-state index contributed by atoms with van der Waals surface area (Å²) in [4.78, 5) is 29.9. The zero-order valence-corrected chi connectivity index (χ0v) is 12.4. The van der Waals surface area contributed by atoms with E-state index in [9.17, 15) is 9.59 Å². The predicted molar refractivity (Wildman–Crippen MR) is 82.0 cm³/mol. The van der Waals surface area contributed by atoms with E-state index in [0.717, 1.165) is 20.9 Å². The van der Waals surface area contributed by atoms with Crippen molar-refractivity contribution in [3.05, 3.63) is 47.5 Å². The van der Waals surface area contributed by atoms with Crippen molar-refractivity contribution in [3.8, 4) is 0 Å². The van der Waals surface area contributed by atoms with E-state index < -0.39 is 0 Å². The topological polar surface area (TPSA) is 58.9 Å². The minimum atomic E-state index is 0.597. The second-order valence-corrected chi connectivity index (χ2v) is 5.49. The lowest BCUT2D eigenvalue weighted by molar-refractivity contribution is 0.564. The van der Waals surface area contributed by atoms with E-state index in [1.807, 2.05) is 38.1 Å². The maximum atomic E-state index is 10.3. The van der Waals surface area contributed by atoms with Gasteiger partial charge in [-0.2, -0.15) is 9.98 Å². The van der Waals surface area contributed by atoms with Gasteiger partial charge >= 0.3 is 0 Å². The van der Waals surface area contributed by atoms with Gasteiger partial charge in [-0.1, -0.05) is 11.8 Å². The first-order valence-electron chi connectivity index (χ1n) is 6.19. The highest BCUT2D eigenvalue weighted by molar-refractivity contribution is 7.99. The predicted octanol–water partition coefficient (Wildman–Crippen LogP) is 4.39. The third-order valence-electron chi connectivity index (χ3n) is 2.89. The van der Waals surface area contributed by atoms with Gasteiger partial charge in [0.15, 0.2) is 0 Å². The smallest absolute Gasteiger partial charge is 0.211 e. The van der Waals surface area contributed by atoms with Crippen molar-refractivity contribution >= 4 is 35.3 Å². The van der Waals surface area contributed by atoms with E-state index in [1.54, 1.807) is 23.9 Å². The van der Waals surface area contributed by atoms with Crippen molar-refractivity contribution in [3.63, 3.8) is 0 Å². The van der Waals surface area contributed by atoms with Gasteiger partial charge in [-0.25, -0.2) is 9.59 Å². The van der Waals surface area contributed by atoms with Gasteiger partial charge in [0.1, 0.15) is 0 Å². The van der Waals surface area contributed by atoms with Crippen LogP contribution in [0, 0.1) is 13.8 Å². The molecule has 0 aliphatic rings.